The second kappa shape index (κ2) is 11.4. The first-order valence-electron chi connectivity index (χ1n) is 5.44. The highest BCUT2D eigenvalue weighted by Gasteiger charge is 1.83. The topological polar surface area (TPSA) is 20.2 Å². The van der Waals surface area contributed by atoms with Crippen LogP contribution in [0.5, 0.6) is 0 Å². The highest BCUT2D eigenvalue weighted by atomic mass is 16.3. The SMILES string of the molecule is C=CC(O)C#CC#C/C=C/C=C/CCCC. The van der Waals surface area contributed by atoms with Crippen molar-refractivity contribution in [2.45, 2.75) is 32.3 Å². The molecule has 0 fully saturated rings. The quantitative estimate of drug-likeness (QED) is 0.323. The van der Waals surface area contributed by atoms with Crippen LogP contribution in [0.1, 0.15) is 26.2 Å². The normalized spacial score (nSPS) is 11.6. The van der Waals surface area contributed by atoms with E-state index in [-0.39, 0.29) is 0 Å². The third kappa shape index (κ3) is 10.4. The monoisotopic (exact) mass is 214 g/mol. The lowest BCUT2D eigenvalue weighted by Gasteiger charge is -1.86. The van der Waals surface area contributed by atoms with Gasteiger partial charge < -0.3 is 5.11 Å². The molecular weight excluding hydrogens is 196 g/mol. The molecule has 1 atom stereocenters. The number of aliphatic hydroxyl groups excluding tert-OH is 1. The molecule has 1 unspecified atom stereocenters. The van der Waals surface area contributed by atoms with Gasteiger partial charge in [-0.15, -0.1) is 0 Å². The van der Waals surface area contributed by atoms with Crippen molar-refractivity contribution >= 4 is 0 Å². The molecule has 1 heteroatoms. The summed E-state index contributed by atoms with van der Waals surface area (Å²) >= 11 is 0. The Hall–Kier alpha value is -1.70. The number of unbranched alkanes of at least 4 members (excludes halogenated alkanes) is 2. The fraction of sp³-hybridized carbons (Fsp3) is 0.333. The number of rotatable bonds is 5. The molecule has 84 valence electrons. The van der Waals surface area contributed by atoms with Crippen molar-refractivity contribution in [3.05, 3.63) is 37.0 Å². The Bertz CT molecular complexity index is 352. The molecule has 0 saturated carbocycles. The van der Waals surface area contributed by atoms with Crippen molar-refractivity contribution in [3.8, 4) is 23.7 Å². The van der Waals surface area contributed by atoms with Gasteiger partial charge in [-0.05, 0) is 24.3 Å². The molecule has 0 aromatic heterocycles. The summed E-state index contributed by atoms with van der Waals surface area (Å²) in [5.74, 6) is 10.4. The van der Waals surface area contributed by atoms with Crippen LogP contribution in [0.15, 0.2) is 37.0 Å². The van der Waals surface area contributed by atoms with Gasteiger partial charge in [0.25, 0.3) is 0 Å². The van der Waals surface area contributed by atoms with Gasteiger partial charge in [0.1, 0.15) is 6.10 Å². The summed E-state index contributed by atoms with van der Waals surface area (Å²) in [7, 11) is 0. The van der Waals surface area contributed by atoms with Crippen LogP contribution in [0.3, 0.4) is 0 Å². The molecule has 0 aliphatic heterocycles. The van der Waals surface area contributed by atoms with Crippen LogP contribution >= 0.6 is 0 Å². The van der Waals surface area contributed by atoms with Crippen LogP contribution in [-0.4, -0.2) is 11.2 Å². The summed E-state index contributed by atoms with van der Waals surface area (Å²) in [6, 6.07) is 0. The van der Waals surface area contributed by atoms with Crippen LogP contribution in [0.25, 0.3) is 0 Å². The van der Waals surface area contributed by atoms with Gasteiger partial charge >= 0.3 is 0 Å². The molecule has 0 aromatic carbocycles. The molecule has 1 N–H and O–H groups in total. The zero-order valence-corrected chi connectivity index (χ0v) is 9.74. The van der Waals surface area contributed by atoms with E-state index in [0.29, 0.717) is 0 Å². The van der Waals surface area contributed by atoms with Crippen LogP contribution in [0.4, 0.5) is 0 Å². The van der Waals surface area contributed by atoms with Crippen LogP contribution in [0.2, 0.25) is 0 Å². The van der Waals surface area contributed by atoms with E-state index in [4.69, 9.17) is 5.11 Å². The highest BCUT2D eigenvalue weighted by molar-refractivity contribution is 5.33. The Labute approximate surface area is 98.6 Å². The molecule has 0 aliphatic rings. The van der Waals surface area contributed by atoms with Crippen LogP contribution < -0.4 is 0 Å². The lowest BCUT2D eigenvalue weighted by Crippen LogP contribution is -1.94. The van der Waals surface area contributed by atoms with E-state index in [9.17, 15) is 0 Å². The van der Waals surface area contributed by atoms with Gasteiger partial charge in [-0.25, -0.2) is 0 Å². The van der Waals surface area contributed by atoms with E-state index in [2.05, 4.69) is 43.3 Å². The molecular formula is C15H18O. The number of hydrogen-bond donors (Lipinski definition) is 1. The van der Waals surface area contributed by atoms with Crippen molar-refractivity contribution in [3.63, 3.8) is 0 Å². The molecule has 0 bridgehead atoms. The Morgan fingerprint density at radius 3 is 2.81 bits per heavy atom. The summed E-state index contributed by atoms with van der Waals surface area (Å²) in [5.41, 5.74) is 0. The van der Waals surface area contributed by atoms with Gasteiger partial charge in [-0.3, -0.25) is 0 Å². The molecule has 0 amide bonds. The maximum absolute atomic E-state index is 8.99. The zero-order valence-electron chi connectivity index (χ0n) is 9.74. The summed E-state index contributed by atoms with van der Waals surface area (Å²) in [6.45, 7) is 5.57. The van der Waals surface area contributed by atoms with E-state index < -0.39 is 6.10 Å². The second-order valence-electron chi connectivity index (χ2n) is 3.15. The molecule has 0 radical (unpaired) electrons. The lowest BCUT2D eigenvalue weighted by atomic mass is 10.2. The molecule has 0 saturated heterocycles. The first-order valence-corrected chi connectivity index (χ1v) is 5.44. The minimum absolute atomic E-state index is 0.785. The molecule has 0 aliphatic carbocycles. The summed E-state index contributed by atoms with van der Waals surface area (Å²) in [5, 5.41) is 8.99. The molecule has 0 spiro atoms. The van der Waals surface area contributed by atoms with E-state index in [1.807, 2.05) is 12.2 Å². The number of aliphatic hydroxyl groups is 1. The first-order chi connectivity index (χ1) is 7.81. The molecule has 16 heavy (non-hydrogen) atoms. The summed E-state index contributed by atoms with van der Waals surface area (Å²) < 4.78 is 0. The second-order valence-corrected chi connectivity index (χ2v) is 3.15. The minimum atomic E-state index is -0.785. The largest absolute Gasteiger partial charge is 0.377 e. The van der Waals surface area contributed by atoms with E-state index in [0.717, 1.165) is 6.42 Å². The Kier molecular flexibility index (Phi) is 10.2. The van der Waals surface area contributed by atoms with Crippen molar-refractivity contribution in [1.29, 1.82) is 0 Å². The lowest BCUT2D eigenvalue weighted by molar-refractivity contribution is 0.281. The predicted octanol–water partition coefficient (Wildman–Crippen LogP) is 2.84. The van der Waals surface area contributed by atoms with Crippen molar-refractivity contribution in [2.24, 2.45) is 0 Å². The third-order valence-corrected chi connectivity index (χ3v) is 1.73. The van der Waals surface area contributed by atoms with E-state index in [1.165, 1.54) is 18.9 Å². The Balaban J connectivity index is 3.81. The van der Waals surface area contributed by atoms with Gasteiger partial charge in [0.05, 0.1) is 0 Å². The summed E-state index contributed by atoms with van der Waals surface area (Å²) in [6.07, 6.45) is 11.8. The number of hydrogen-bond acceptors (Lipinski definition) is 1. The Morgan fingerprint density at radius 1 is 1.31 bits per heavy atom. The van der Waals surface area contributed by atoms with Gasteiger partial charge in [0.15, 0.2) is 0 Å². The van der Waals surface area contributed by atoms with Crippen molar-refractivity contribution in [1.82, 2.24) is 0 Å². The maximum atomic E-state index is 8.99. The van der Waals surface area contributed by atoms with Crippen LogP contribution in [0, 0.1) is 23.7 Å². The molecule has 0 rings (SSSR count). The van der Waals surface area contributed by atoms with Gasteiger partial charge in [0.2, 0.25) is 0 Å². The maximum Gasteiger partial charge on any atom is 0.134 e. The van der Waals surface area contributed by atoms with Crippen LogP contribution in [-0.2, 0) is 0 Å². The standard InChI is InChI=1S/C15H18O/c1-3-5-6-7-8-9-10-11-12-13-14-15(16)4-2/h4,7-10,15-16H,2-3,5-6H2,1H3/b8-7+,10-9+. The fourth-order valence-corrected chi connectivity index (χ4v) is 0.847. The van der Waals surface area contributed by atoms with Gasteiger partial charge in [0, 0.05) is 0 Å². The minimum Gasteiger partial charge on any atom is -0.377 e. The fourth-order valence-electron chi connectivity index (χ4n) is 0.847. The highest BCUT2D eigenvalue weighted by Crippen LogP contribution is 1.94. The average Bonchev–Trinajstić information content (AvgIpc) is 2.31. The third-order valence-electron chi connectivity index (χ3n) is 1.73. The molecule has 0 heterocycles. The van der Waals surface area contributed by atoms with Crippen molar-refractivity contribution < 1.29 is 5.11 Å². The predicted molar refractivity (Wildman–Crippen MR) is 69.6 cm³/mol. The van der Waals surface area contributed by atoms with Gasteiger partial charge in [-0.2, -0.15) is 0 Å². The zero-order chi connectivity index (χ0) is 12.1. The first kappa shape index (κ1) is 14.3. The molecule has 1 nitrogen and oxygen atoms in total. The summed E-state index contributed by atoms with van der Waals surface area (Å²) in [4.78, 5) is 0. The smallest absolute Gasteiger partial charge is 0.134 e. The Morgan fingerprint density at radius 2 is 2.12 bits per heavy atom. The average molecular weight is 214 g/mol. The van der Waals surface area contributed by atoms with E-state index in [1.54, 1.807) is 6.08 Å². The van der Waals surface area contributed by atoms with E-state index >= 15 is 0 Å². The van der Waals surface area contributed by atoms with Crippen molar-refractivity contribution in [2.75, 3.05) is 0 Å². The van der Waals surface area contributed by atoms with Gasteiger partial charge in [-0.1, -0.05) is 62.5 Å². The molecule has 0 aromatic rings. The number of allylic oxidation sites excluding steroid dienone is 4.